The summed E-state index contributed by atoms with van der Waals surface area (Å²) in [7, 11) is -3.87. The fourth-order valence-corrected chi connectivity index (χ4v) is 3.73. The Labute approximate surface area is 121 Å². The molecule has 0 atom stereocenters. The second kappa shape index (κ2) is 5.34. The Morgan fingerprint density at radius 1 is 1.25 bits per heavy atom. The zero-order chi connectivity index (χ0) is 14.9. The maximum Gasteiger partial charge on any atom is 0.276 e. The topological polar surface area (TPSA) is 76.1 Å². The number of sulfonamides is 1. The molecule has 0 bridgehead atoms. The average Bonchev–Trinajstić information content (AvgIpc) is 2.74. The Hall–Kier alpha value is -1.73. The molecule has 1 aromatic carbocycles. The van der Waals surface area contributed by atoms with Gasteiger partial charge in [0.15, 0.2) is 0 Å². The number of aromatic nitrogens is 1. The Morgan fingerprint density at radius 3 is 2.50 bits per heavy atom. The van der Waals surface area contributed by atoms with Crippen LogP contribution >= 0.6 is 11.3 Å². The summed E-state index contributed by atoms with van der Waals surface area (Å²) >= 11 is 1.15. The van der Waals surface area contributed by atoms with Crippen LogP contribution in [0.5, 0.6) is 0 Å². The molecule has 2 rings (SSSR count). The lowest BCUT2D eigenvalue weighted by Crippen LogP contribution is -2.30. The molecule has 5 nitrogen and oxygen atoms in total. The van der Waals surface area contributed by atoms with Crippen LogP contribution in [-0.4, -0.2) is 19.3 Å². The smallest absolute Gasteiger partial charge is 0.267 e. The highest BCUT2D eigenvalue weighted by Gasteiger charge is 2.21. The van der Waals surface area contributed by atoms with Crippen molar-refractivity contribution < 1.29 is 13.2 Å². The van der Waals surface area contributed by atoms with Gasteiger partial charge in [0.2, 0.25) is 0 Å². The van der Waals surface area contributed by atoms with Gasteiger partial charge in [-0.25, -0.2) is 18.1 Å². The van der Waals surface area contributed by atoms with Crippen LogP contribution < -0.4 is 4.72 Å². The quantitative estimate of drug-likeness (QED) is 0.943. The molecular weight excluding hydrogens is 296 g/mol. The highest BCUT2D eigenvalue weighted by molar-refractivity contribution is 7.90. The van der Waals surface area contributed by atoms with Crippen LogP contribution in [0, 0.1) is 20.8 Å². The third kappa shape index (κ3) is 3.05. The van der Waals surface area contributed by atoms with Crippen molar-refractivity contribution >= 4 is 27.3 Å². The molecule has 0 radical (unpaired) electrons. The van der Waals surface area contributed by atoms with Gasteiger partial charge < -0.3 is 0 Å². The van der Waals surface area contributed by atoms with Crippen molar-refractivity contribution in [2.75, 3.05) is 0 Å². The number of nitrogens with one attached hydrogen (secondary N) is 1. The van der Waals surface area contributed by atoms with Crippen molar-refractivity contribution in [2.24, 2.45) is 0 Å². The number of hydrogen-bond acceptors (Lipinski definition) is 5. The zero-order valence-corrected chi connectivity index (χ0v) is 12.9. The molecular formula is C13H14N2O3S2. The Morgan fingerprint density at radius 2 is 1.95 bits per heavy atom. The van der Waals surface area contributed by atoms with Gasteiger partial charge in [-0.1, -0.05) is 17.7 Å². The van der Waals surface area contributed by atoms with E-state index in [-0.39, 0.29) is 9.77 Å². The number of hydrogen-bond donors (Lipinski definition) is 1. The fourth-order valence-electron chi connectivity index (χ4n) is 1.79. The van der Waals surface area contributed by atoms with Crippen molar-refractivity contribution in [3.05, 3.63) is 45.4 Å². The Bertz CT molecular complexity index is 764. The molecule has 0 spiro atoms. The van der Waals surface area contributed by atoms with E-state index in [1.165, 1.54) is 12.3 Å². The molecule has 1 amide bonds. The number of benzene rings is 1. The number of thiazole rings is 1. The molecule has 106 valence electrons. The molecule has 1 heterocycles. The number of nitrogens with zero attached hydrogens (tertiary/aromatic N) is 1. The van der Waals surface area contributed by atoms with Crippen LogP contribution in [0.25, 0.3) is 0 Å². The van der Waals surface area contributed by atoms with Crippen molar-refractivity contribution in [2.45, 2.75) is 25.7 Å². The largest absolute Gasteiger partial charge is 0.276 e. The molecule has 1 N–H and O–H groups in total. The van der Waals surface area contributed by atoms with E-state index in [0.29, 0.717) is 10.6 Å². The van der Waals surface area contributed by atoms with E-state index in [9.17, 15) is 13.2 Å². The van der Waals surface area contributed by atoms with Crippen LogP contribution in [0.2, 0.25) is 0 Å². The third-order valence-electron chi connectivity index (χ3n) is 2.69. The van der Waals surface area contributed by atoms with Crippen LogP contribution in [0.1, 0.15) is 25.8 Å². The summed E-state index contributed by atoms with van der Waals surface area (Å²) in [5.41, 5.74) is 1.57. The minimum absolute atomic E-state index is 0.109. The highest BCUT2D eigenvalue weighted by atomic mass is 32.2. The maximum atomic E-state index is 12.2. The number of amides is 1. The number of carbonyl (C=O) groups excluding carboxylic acids is 1. The summed E-state index contributed by atoms with van der Waals surface area (Å²) in [6.07, 6.45) is 1.37. The average molecular weight is 310 g/mol. The Balaban J connectivity index is 2.29. The fraction of sp³-hybridized carbons (Fsp3) is 0.231. The van der Waals surface area contributed by atoms with E-state index >= 15 is 0 Å². The van der Waals surface area contributed by atoms with Gasteiger partial charge in [0.1, 0.15) is 4.88 Å². The normalized spacial score (nSPS) is 11.3. The van der Waals surface area contributed by atoms with Gasteiger partial charge in [-0.2, -0.15) is 0 Å². The lowest BCUT2D eigenvalue weighted by Gasteiger charge is -2.09. The predicted molar refractivity (Wildman–Crippen MR) is 77.4 cm³/mol. The molecule has 7 heteroatoms. The van der Waals surface area contributed by atoms with Gasteiger partial charge >= 0.3 is 0 Å². The van der Waals surface area contributed by atoms with Crippen molar-refractivity contribution in [1.29, 1.82) is 0 Å². The monoisotopic (exact) mass is 310 g/mol. The van der Waals surface area contributed by atoms with Gasteiger partial charge in [-0.05, 0) is 32.4 Å². The first-order chi connectivity index (χ1) is 9.29. The molecule has 2 aromatic rings. The predicted octanol–water partition coefficient (Wildman–Crippen LogP) is 2.19. The second-order valence-corrected chi connectivity index (χ2v) is 7.33. The number of rotatable bonds is 3. The summed E-state index contributed by atoms with van der Waals surface area (Å²) < 4.78 is 26.5. The van der Waals surface area contributed by atoms with Gasteiger partial charge in [0.05, 0.1) is 16.1 Å². The molecule has 20 heavy (non-hydrogen) atoms. The summed E-state index contributed by atoms with van der Waals surface area (Å²) in [6.45, 7) is 5.32. The molecule has 0 aliphatic rings. The Kier molecular flexibility index (Phi) is 3.92. The summed E-state index contributed by atoms with van der Waals surface area (Å²) in [6, 6.07) is 4.96. The SMILES string of the molecule is Cc1ccc(S(=O)(=O)NC(=O)c2cnc(C)s2)c(C)c1. The molecule has 0 fully saturated rings. The van der Waals surface area contributed by atoms with Gasteiger partial charge in [-0.15, -0.1) is 11.3 Å². The lowest BCUT2D eigenvalue weighted by atomic mass is 10.2. The summed E-state index contributed by atoms with van der Waals surface area (Å²) in [4.78, 5) is 16.2. The first-order valence-corrected chi connectivity index (χ1v) is 8.16. The van der Waals surface area contributed by atoms with E-state index in [2.05, 4.69) is 9.71 Å². The first-order valence-electron chi connectivity index (χ1n) is 5.86. The van der Waals surface area contributed by atoms with Crippen molar-refractivity contribution in [1.82, 2.24) is 9.71 Å². The summed E-state index contributed by atoms with van der Waals surface area (Å²) in [5, 5.41) is 0.707. The maximum absolute atomic E-state index is 12.2. The number of carbonyl (C=O) groups is 1. The van der Waals surface area contributed by atoms with E-state index < -0.39 is 15.9 Å². The molecule has 0 aliphatic carbocycles. The molecule has 1 aromatic heterocycles. The van der Waals surface area contributed by atoms with Gasteiger partial charge in [0, 0.05) is 0 Å². The molecule has 0 aliphatic heterocycles. The minimum Gasteiger partial charge on any atom is -0.267 e. The summed E-state index contributed by atoms with van der Waals surface area (Å²) in [5.74, 6) is -0.657. The second-order valence-electron chi connectivity index (χ2n) is 4.45. The highest BCUT2D eigenvalue weighted by Crippen LogP contribution is 2.18. The zero-order valence-electron chi connectivity index (χ0n) is 11.3. The third-order valence-corrected chi connectivity index (χ3v) is 5.09. The first kappa shape index (κ1) is 14.7. The molecule has 0 unspecified atom stereocenters. The van der Waals surface area contributed by atoms with Gasteiger partial charge in [0.25, 0.3) is 15.9 Å². The van der Waals surface area contributed by atoms with E-state index in [4.69, 9.17) is 0 Å². The van der Waals surface area contributed by atoms with Crippen LogP contribution in [0.3, 0.4) is 0 Å². The minimum atomic E-state index is -3.87. The number of aryl methyl sites for hydroxylation is 3. The van der Waals surface area contributed by atoms with E-state index in [1.807, 2.05) is 6.92 Å². The van der Waals surface area contributed by atoms with E-state index in [0.717, 1.165) is 16.9 Å². The van der Waals surface area contributed by atoms with Crippen molar-refractivity contribution in [3.8, 4) is 0 Å². The standard InChI is InChI=1S/C13H14N2O3S2/c1-8-4-5-12(9(2)6-8)20(17,18)15-13(16)11-7-14-10(3)19-11/h4-7H,1-3H3,(H,15,16). The molecule has 0 saturated carbocycles. The van der Waals surface area contributed by atoms with Crippen LogP contribution in [0.15, 0.2) is 29.3 Å². The van der Waals surface area contributed by atoms with Crippen LogP contribution in [-0.2, 0) is 10.0 Å². The van der Waals surface area contributed by atoms with Gasteiger partial charge in [-0.3, -0.25) is 4.79 Å². The molecule has 0 saturated heterocycles. The van der Waals surface area contributed by atoms with Crippen LogP contribution in [0.4, 0.5) is 0 Å². The van der Waals surface area contributed by atoms with Crippen molar-refractivity contribution in [3.63, 3.8) is 0 Å². The lowest BCUT2D eigenvalue weighted by molar-refractivity contribution is 0.0985. The van der Waals surface area contributed by atoms with E-state index in [1.54, 1.807) is 26.0 Å².